The van der Waals surface area contributed by atoms with Crippen LogP contribution in [0.2, 0.25) is 5.02 Å². The van der Waals surface area contributed by atoms with Crippen LogP contribution < -0.4 is 9.47 Å². The molecule has 1 aromatic carbocycles. The Morgan fingerprint density at radius 3 is 2.12 bits per heavy atom. The van der Waals surface area contributed by atoms with Gasteiger partial charge in [-0.25, -0.2) is 0 Å². The molecule has 0 saturated heterocycles. The molecule has 1 aromatic rings. The lowest BCUT2D eigenvalue weighted by Crippen LogP contribution is -2.01. The van der Waals surface area contributed by atoms with Crippen molar-refractivity contribution in [3.63, 3.8) is 0 Å². The molecule has 0 heterocycles. The van der Waals surface area contributed by atoms with E-state index in [1.807, 2.05) is 13.8 Å². The van der Waals surface area contributed by atoms with Gasteiger partial charge < -0.3 is 14.6 Å². The summed E-state index contributed by atoms with van der Waals surface area (Å²) in [6, 6.07) is 3.40. The zero-order valence-electron chi connectivity index (χ0n) is 9.79. The van der Waals surface area contributed by atoms with E-state index in [1.165, 1.54) is 0 Å². The standard InChI is InChI=1S/C12H17ClO3/c1-4-15-11-6-9(8(3)14)10(13)7-12(11)16-5-2/h6-8,14H,4-5H2,1-3H3. The van der Waals surface area contributed by atoms with Crippen molar-refractivity contribution >= 4 is 11.6 Å². The third-order valence-electron chi connectivity index (χ3n) is 2.11. The van der Waals surface area contributed by atoms with Crippen LogP contribution in [0.3, 0.4) is 0 Å². The van der Waals surface area contributed by atoms with Crippen molar-refractivity contribution < 1.29 is 14.6 Å². The Balaban J connectivity index is 3.14. The smallest absolute Gasteiger partial charge is 0.162 e. The third kappa shape index (κ3) is 3.03. The molecule has 0 aliphatic rings. The molecule has 1 rings (SSSR count). The van der Waals surface area contributed by atoms with Crippen LogP contribution in [0.25, 0.3) is 0 Å². The molecule has 0 fully saturated rings. The fourth-order valence-electron chi connectivity index (χ4n) is 1.41. The minimum atomic E-state index is -0.623. The molecule has 0 saturated carbocycles. The number of halogens is 1. The van der Waals surface area contributed by atoms with Crippen LogP contribution in [0.5, 0.6) is 11.5 Å². The van der Waals surface area contributed by atoms with Gasteiger partial charge in [-0.05, 0) is 26.8 Å². The average molecular weight is 245 g/mol. The topological polar surface area (TPSA) is 38.7 Å². The second-order valence-corrected chi connectivity index (χ2v) is 3.77. The summed E-state index contributed by atoms with van der Waals surface area (Å²) in [7, 11) is 0. The Hall–Kier alpha value is -0.930. The maximum atomic E-state index is 9.54. The van der Waals surface area contributed by atoms with Gasteiger partial charge in [-0.3, -0.25) is 0 Å². The Morgan fingerprint density at radius 2 is 1.69 bits per heavy atom. The summed E-state index contributed by atoms with van der Waals surface area (Å²) in [6.07, 6.45) is -0.623. The zero-order valence-corrected chi connectivity index (χ0v) is 10.5. The Kier molecular flexibility index (Phi) is 4.90. The maximum absolute atomic E-state index is 9.54. The molecule has 1 unspecified atom stereocenters. The monoisotopic (exact) mass is 244 g/mol. The number of benzene rings is 1. The molecule has 1 atom stereocenters. The highest BCUT2D eigenvalue weighted by molar-refractivity contribution is 6.31. The first-order chi connectivity index (χ1) is 7.60. The number of hydrogen-bond donors (Lipinski definition) is 1. The number of rotatable bonds is 5. The van der Waals surface area contributed by atoms with Crippen molar-refractivity contribution in [2.24, 2.45) is 0 Å². The predicted octanol–water partition coefficient (Wildman–Crippen LogP) is 3.19. The molecular weight excluding hydrogens is 228 g/mol. The van der Waals surface area contributed by atoms with Crippen LogP contribution in [-0.2, 0) is 0 Å². The summed E-state index contributed by atoms with van der Waals surface area (Å²) in [5.41, 5.74) is 0.647. The van der Waals surface area contributed by atoms with Gasteiger partial charge in [-0.15, -0.1) is 0 Å². The normalized spacial score (nSPS) is 12.3. The quantitative estimate of drug-likeness (QED) is 0.865. The molecule has 0 amide bonds. The molecule has 16 heavy (non-hydrogen) atoms. The van der Waals surface area contributed by atoms with Gasteiger partial charge in [0.2, 0.25) is 0 Å². The van der Waals surface area contributed by atoms with Crippen LogP contribution in [0, 0.1) is 0 Å². The molecule has 90 valence electrons. The zero-order chi connectivity index (χ0) is 12.1. The lowest BCUT2D eigenvalue weighted by Gasteiger charge is -2.15. The van der Waals surface area contributed by atoms with Crippen LogP contribution >= 0.6 is 11.6 Å². The van der Waals surface area contributed by atoms with Gasteiger partial charge in [-0.1, -0.05) is 11.6 Å². The van der Waals surface area contributed by atoms with Gasteiger partial charge in [0.1, 0.15) is 0 Å². The predicted molar refractivity (Wildman–Crippen MR) is 64.4 cm³/mol. The number of aliphatic hydroxyl groups is 1. The van der Waals surface area contributed by atoms with Crippen molar-refractivity contribution in [1.29, 1.82) is 0 Å². The summed E-state index contributed by atoms with van der Waals surface area (Å²) in [5, 5.41) is 10.0. The lowest BCUT2D eigenvalue weighted by molar-refractivity contribution is 0.198. The van der Waals surface area contributed by atoms with Gasteiger partial charge >= 0.3 is 0 Å². The Bertz CT molecular complexity index is 350. The van der Waals surface area contributed by atoms with E-state index in [0.717, 1.165) is 0 Å². The lowest BCUT2D eigenvalue weighted by atomic mass is 10.1. The maximum Gasteiger partial charge on any atom is 0.162 e. The molecule has 0 aliphatic carbocycles. The van der Waals surface area contributed by atoms with Gasteiger partial charge in [0.05, 0.1) is 24.3 Å². The first kappa shape index (κ1) is 13.1. The summed E-state index contributed by atoms with van der Waals surface area (Å²) >= 11 is 6.04. The van der Waals surface area contributed by atoms with E-state index in [1.54, 1.807) is 19.1 Å². The molecular formula is C12H17ClO3. The fourth-order valence-corrected chi connectivity index (χ4v) is 1.72. The van der Waals surface area contributed by atoms with Crippen molar-refractivity contribution in [2.75, 3.05) is 13.2 Å². The van der Waals surface area contributed by atoms with E-state index >= 15 is 0 Å². The van der Waals surface area contributed by atoms with Crippen LogP contribution in [0.15, 0.2) is 12.1 Å². The van der Waals surface area contributed by atoms with Crippen molar-refractivity contribution in [3.05, 3.63) is 22.7 Å². The highest BCUT2D eigenvalue weighted by Gasteiger charge is 2.13. The highest BCUT2D eigenvalue weighted by Crippen LogP contribution is 2.36. The number of ether oxygens (including phenoxy) is 2. The van der Waals surface area contributed by atoms with E-state index in [2.05, 4.69) is 0 Å². The Labute approximate surface area is 101 Å². The number of aliphatic hydroxyl groups excluding tert-OH is 1. The third-order valence-corrected chi connectivity index (χ3v) is 2.44. The summed E-state index contributed by atoms with van der Waals surface area (Å²) in [6.45, 7) is 6.54. The van der Waals surface area contributed by atoms with E-state index in [-0.39, 0.29) is 0 Å². The molecule has 0 spiro atoms. The van der Waals surface area contributed by atoms with Gasteiger partial charge in [0.15, 0.2) is 11.5 Å². The van der Waals surface area contributed by atoms with Crippen molar-refractivity contribution in [2.45, 2.75) is 26.9 Å². The van der Waals surface area contributed by atoms with Crippen LogP contribution in [0.1, 0.15) is 32.4 Å². The van der Waals surface area contributed by atoms with Gasteiger partial charge in [-0.2, -0.15) is 0 Å². The second-order valence-electron chi connectivity index (χ2n) is 3.36. The second kappa shape index (κ2) is 5.97. The molecule has 3 nitrogen and oxygen atoms in total. The number of hydrogen-bond acceptors (Lipinski definition) is 3. The van der Waals surface area contributed by atoms with Gasteiger partial charge in [0.25, 0.3) is 0 Å². The molecule has 1 N–H and O–H groups in total. The van der Waals surface area contributed by atoms with Crippen molar-refractivity contribution in [1.82, 2.24) is 0 Å². The van der Waals surface area contributed by atoms with E-state index in [9.17, 15) is 5.11 Å². The highest BCUT2D eigenvalue weighted by atomic mass is 35.5. The summed E-state index contributed by atoms with van der Waals surface area (Å²) in [4.78, 5) is 0. The average Bonchev–Trinajstić information content (AvgIpc) is 2.22. The fraction of sp³-hybridized carbons (Fsp3) is 0.500. The first-order valence-corrected chi connectivity index (χ1v) is 5.75. The van der Waals surface area contributed by atoms with E-state index in [4.69, 9.17) is 21.1 Å². The largest absolute Gasteiger partial charge is 0.490 e. The molecule has 4 heteroatoms. The van der Waals surface area contributed by atoms with E-state index < -0.39 is 6.10 Å². The summed E-state index contributed by atoms with van der Waals surface area (Å²) < 4.78 is 10.9. The van der Waals surface area contributed by atoms with Gasteiger partial charge in [0, 0.05) is 11.6 Å². The minimum absolute atomic E-state index is 0.488. The molecule has 0 radical (unpaired) electrons. The molecule has 0 aliphatic heterocycles. The van der Waals surface area contributed by atoms with Crippen LogP contribution in [0.4, 0.5) is 0 Å². The molecule has 0 aromatic heterocycles. The summed E-state index contributed by atoms with van der Waals surface area (Å²) in [5.74, 6) is 1.23. The minimum Gasteiger partial charge on any atom is -0.490 e. The molecule has 0 bridgehead atoms. The SMILES string of the molecule is CCOc1cc(Cl)c(C(C)O)cc1OCC. The first-order valence-electron chi connectivity index (χ1n) is 5.37. The van der Waals surface area contributed by atoms with E-state index in [0.29, 0.717) is 35.3 Å². The Morgan fingerprint density at radius 1 is 1.19 bits per heavy atom. The van der Waals surface area contributed by atoms with Crippen LogP contribution in [-0.4, -0.2) is 18.3 Å². The van der Waals surface area contributed by atoms with Crippen molar-refractivity contribution in [3.8, 4) is 11.5 Å².